The first-order valence-corrected chi connectivity index (χ1v) is 12.2. The molecule has 4 nitrogen and oxygen atoms in total. The van der Waals surface area contributed by atoms with E-state index in [0.717, 1.165) is 56.6 Å². The molecule has 0 saturated carbocycles. The highest BCUT2D eigenvalue weighted by atomic mass is 16.5. The van der Waals surface area contributed by atoms with Gasteiger partial charge in [0.05, 0.1) is 18.4 Å². The van der Waals surface area contributed by atoms with Gasteiger partial charge in [0.15, 0.2) is 0 Å². The van der Waals surface area contributed by atoms with Gasteiger partial charge in [-0.25, -0.2) is 4.79 Å². The number of pyridine rings is 1. The van der Waals surface area contributed by atoms with E-state index in [1.54, 1.807) is 6.20 Å². The molecule has 174 valence electrons. The maximum atomic E-state index is 12.4. The first kappa shape index (κ1) is 24.5. The van der Waals surface area contributed by atoms with Crippen LogP contribution in [0.1, 0.15) is 73.1 Å². The summed E-state index contributed by atoms with van der Waals surface area (Å²) in [5.41, 5.74) is 4.04. The number of carbonyl (C=O) groups is 1. The molecule has 2 aromatic carbocycles. The summed E-state index contributed by atoms with van der Waals surface area (Å²) in [6, 6.07) is 19.4. The summed E-state index contributed by atoms with van der Waals surface area (Å²) < 4.78 is 11.3. The van der Waals surface area contributed by atoms with Crippen molar-refractivity contribution < 1.29 is 14.3 Å². The van der Waals surface area contributed by atoms with Gasteiger partial charge in [-0.3, -0.25) is 4.98 Å². The molecule has 0 radical (unpaired) electrons. The number of aromatic nitrogens is 1. The quantitative estimate of drug-likeness (QED) is 0.161. The topological polar surface area (TPSA) is 48.4 Å². The number of rotatable bonds is 13. The summed E-state index contributed by atoms with van der Waals surface area (Å²) in [5.74, 6) is 1.06. The number of carbonyl (C=O) groups excluding carboxylic acids is 1. The average Bonchev–Trinajstić information content (AvgIpc) is 2.86. The van der Waals surface area contributed by atoms with E-state index in [-0.39, 0.29) is 5.97 Å². The van der Waals surface area contributed by atoms with E-state index in [1.807, 2.05) is 60.7 Å². The first-order valence-electron chi connectivity index (χ1n) is 12.2. The molecule has 4 heteroatoms. The van der Waals surface area contributed by atoms with E-state index >= 15 is 0 Å². The number of hydrogen-bond donors (Lipinski definition) is 0. The molecule has 0 unspecified atom stereocenters. The summed E-state index contributed by atoms with van der Waals surface area (Å²) in [6.07, 6.45) is 10.3. The van der Waals surface area contributed by atoms with Crippen molar-refractivity contribution in [2.45, 2.75) is 65.2 Å². The smallest absolute Gasteiger partial charge is 0.343 e. The molecule has 0 spiro atoms. The van der Waals surface area contributed by atoms with Crippen LogP contribution in [0.15, 0.2) is 66.9 Å². The van der Waals surface area contributed by atoms with Crippen LogP contribution < -0.4 is 9.47 Å². The highest BCUT2D eigenvalue weighted by Crippen LogP contribution is 2.17. The van der Waals surface area contributed by atoms with Gasteiger partial charge in [0.25, 0.3) is 0 Å². The SMILES string of the molecule is CCCCCOc1ccc(CCc2ccc(OC(=O)c3ccc(CCCC)cc3)cc2)nc1. The molecule has 1 aromatic heterocycles. The summed E-state index contributed by atoms with van der Waals surface area (Å²) in [4.78, 5) is 16.9. The monoisotopic (exact) mass is 445 g/mol. The molecule has 0 aliphatic carbocycles. The third-order valence-electron chi connectivity index (χ3n) is 5.63. The molecule has 0 amide bonds. The Balaban J connectivity index is 1.44. The third-order valence-corrected chi connectivity index (χ3v) is 5.63. The van der Waals surface area contributed by atoms with E-state index < -0.39 is 0 Å². The molecule has 3 rings (SSSR count). The van der Waals surface area contributed by atoms with Crippen molar-refractivity contribution in [3.8, 4) is 11.5 Å². The molecule has 33 heavy (non-hydrogen) atoms. The fourth-order valence-corrected chi connectivity index (χ4v) is 3.54. The fraction of sp³-hybridized carbons (Fsp3) is 0.379. The molecular formula is C29H35NO3. The summed E-state index contributed by atoms with van der Waals surface area (Å²) in [5, 5.41) is 0. The van der Waals surface area contributed by atoms with Gasteiger partial charge in [-0.2, -0.15) is 0 Å². The predicted molar refractivity (Wildman–Crippen MR) is 133 cm³/mol. The number of nitrogens with zero attached hydrogens (tertiary/aromatic N) is 1. The highest BCUT2D eigenvalue weighted by Gasteiger charge is 2.09. The number of ether oxygens (including phenoxy) is 2. The van der Waals surface area contributed by atoms with Crippen molar-refractivity contribution in [2.75, 3.05) is 6.61 Å². The minimum Gasteiger partial charge on any atom is -0.492 e. The zero-order valence-corrected chi connectivity index (χ0v) is 19.9. The van der Waals surface area contributed by atoms with Crippen LogP contribution in [-0.2, 0) is 19.3 Å². The number of unbranched alkanes of at least 4 members (excludes halogenated alkanes) is 3. The largest absolute Gasteiger partial charge is 0.492 e. The van der Waals surface area contributed by atoms with Gasteiger partial charge in [-0.1, -0.05) is 57.4 Å². The minimum atomic E-state index is -0.328. The Hall–Kier alpha value is -3.14. The summed E-state index contributed by atoms with van der Waals surface area (Å²) >= 11 is 0. The van der Waals surface area contributed by atoms with E-state index in [0.29, 0.717) is 11.3 Å². The molecule has 0 N–H and O–H groups in total. The Morgan fingerprint density at radius 3 is 2.06 bits per heavy atom. The third kappa shape index (κ3) is 8.38. The first-order chi connectivity index (χ1) is 16.2. The highest BCUT2D eigenvalue weighted by molar-refractivity contribution is 5.91. The molecule has 0 fully saturated rings. The molecule has 3 aromatic rings. The molecule has 0 aliphatic rings. The van der Waals surface area contributed by atoms with Crippen LogP contribution in [0, 0.1) is 0 Å². The normalized spacial score (nSPS) is 10.7. The van der Waals surface area contributed by atoms with Crippen LogP contribution in [-0.4, -0.2) is 17.6 Å². The van der Waals surface area contributed by atoms with Gasteiger partial charge in [-0.05, 0) is 79.6 Å². The molecular weight excluding hydrogens is 410 g/mol. The molecule has 0 aliphatic heterocycles. The van der Waals surface area contributed by atoms with E-state index in [9.17, 15) is 4.79 Å². The number of hydrogen-bond acceptors (Lipinski definition) is 4. The molecule has 0 bridgehead atoms. The van der Waals surface area contributed by atoms with E-state index in [4.69, 9.17) is 9.47 Å². The van der Waals surface area contributed by atoms with Crippen LogP contribution >= 0.6 is 0 Å². The van der Waals surface area contributed by atoms with Crippen LogP contribution in [0.25, 0.3) is 0 Å². The van der Waals surface area contributed by atoms with Gasteiger partial charge in [-0.15, -0.1) is 0 Å². The Labute approximate surface area is 198 Å². The maximum absolute atomic E-state index is 12.4. The van der Waals surface area contributed by atoms with Gasteiger partial charge < -0.3 is 9.47 Å². The lowest BCUT2D eigenvalue weighted by atomic mass is 10.1. The Bertz CT molecular complexity index is 963. The zero-order valence-electron chi connectivity index (χ0n) is 19.9. The Morgan fingerprint density at radius 1 is 0.727 bits per heavy atom. The fourth-order valence-electron chi connectivity index (χ4n) is 3.54. The summed E-state index contributed by atoms with van der Waals surface area (Å²) in [7, 11) is 0. The Morgan fingerprint density at radius 2 is 1.39 bits per heavy atom. The lowest BCUT2D eigenvalue weighted by Crippen LogP contribution is -2.08. The average molecular weight is 446 g/mol. The van der Waals surface area contributed by atoms with Crippen LogP contribution in [0.3, 0.4) is 0 Å². The second-order valence-electron chi connectivity index (χ2n) is 8.37. The lowest BCUT2D eigenvalue weighted by Gasteiger charge is -2.08. The van der Waals surface area contributed by atoms with Crippen LogP contribution in [0.4, 0.5) is 0 Å². The molecule has 1 heterocycles. The number of aryl methyl sites for hydroxylation is 3. The maximum Gasteiger partial charge on any atom is 0.343 e. The van der Waals surface area contributed by atoms with Gasteiger partial charge >= 0.3 is 5.97 Å². The standard InChI is InChI=1S/C29H35NO3/c1-3-5-7-21-32-28-20-17-26(30-22-28)16-11-24-12-18-27(19-13-24)33-29(31)25-14-9-23(10-15-25)8-6-4-2/h9-10,12-15,17-20,22H,3-8,11,16,21H2,1-2H3. The van der Waals surface area contributed by atoms with E-state index in [1.165, 1.54) is 24.0 Å². The van der Waals surface area contributed by atoms with Crippen molar-refractivity contribution in [1.82, 2.24) is 4.98 Å². The van der Waals surface area contributed by atoms with E-state index in [2.05, 4.69) is 18.8 Å². The van der Waals surface area contributed by atoms with Crippen molar-refractivity contribution in [3.05, 3.63) is 89.2 Å². The zero-order chi connectivity index (χ0) is 23.3. The van der Waals surface area contributed by atoms with Crippen molar-refractivity contribution >= 4 is 5.97 Å². The van der Waals surface area contributed by atoms with Crippen molar-refractivity contribution in [1.29, 1.82) is 0 Å². The second kappa shape index (κ2) is 13.4. The lowest BCUT2D eigenvalue weighted by molar-refractivity contribution is 0.0734. The minimum absolute atomic E-state index is 0.328. The number of benzene rings is 2. The van der Waals surface area contributed by atoms with Crippen LogP contribution in [0.5, 0.6) is 11.5 Å². The number of esters is 1. The Kier molecular flexibility index (Phi) is 9.96. The van der Waals surface area contributed by atoms with Crippen molar-refractivity contribution in [2.24, 2.45) is 0 Å². The van der Waals surface area contributed by atoms with Crippen molar-refractivity contribution in [3.63, 3.8) is 0 Å². The predicted octanol–water partition coefficient (Wildman–Crippen LogP) is 7.00. The second-order valence-corrected chi connectivity index (χ2v) is 8.37. The van der Waals surface area contributed by atoms with Gasteiger partial charge in [0.2, 0.25) is 0 Å². The molecule has 0 atom stereocenters. The van der Waals surface area contributed by atoms with Crippen LogP contribution in [0.2, 0.25) is 0 Å². The van der Waals surface area contributed by atoms with Gasteiger partial charge in [0.1, 0.15) is 11.5 Å². The molecule has 0 saturated heterocycles. The van der Waals surface area contributed by atoms with Gasteiger partial charge in [0, 0.05) is 5.69 Å². The summed E-state index contributed by atoms with van der Waals surface area (Å²) in [6.45, 7) is 5.11.